The van der Waals surface area contributed by atoms with Crippen LogP contribution in [0.5, 0.6) is 0 Å². The molecule has 0 fully saturated rings. The fourth-order valence-electron chi connectivity index (χ4n) is 1.39. The Hall–Kier alpha value is -1.26. The van der Waals surface area contributed by atoms with E-state index in [4.69, 9.17) is 5.11 Å². The van der Waals surface area contributed by atoms with Crippen molar-refractivity contribution in [2.24, 2.45) is 11.8 Å². The zero-order chi connectivity index (χ0) is 13.4. The third-order valence-electron chi connectivity index (χ3n) is 2.64. The molecule has 2 atom stereocenters. The molecule has 0 saturated heterocycles. The highest BCUT2D eigenvalue weighted by Gasteiger charge is 2.21. The second-order valence-electron chi connectivity index (χ2n) is 4.89. The standard InChI is InChI=1S/C12H24N2O3/c1-5-9(4)7-13-11(15)10(6-8(2)3)14-12(16)17/h8-10,14H,5-7H2,1-4H3,(H,13,15)(H,16,17). The highest BCUT2D eigenvalue weighted by molar-refractivity contribution is 5.85. The zero-order valence-electron chi connectivity index (χ0n) is 11.1. The molecule has 0 rings (SSSR count). The summed E-state index contributed by atoms with van der Waals surface area (Å²) in [7, 11) is 0. The van der Waals surface area contributed by atoms with Crippen LogP contribution >= 0.6 is 0 Å². The number of amides is 2. The molecular weight excluding hydrogens is 220 g/mol. The number of hydrogen-bond acceptors (Lipinski definition) is 2. The number of rotatable bonds is 7. The van der Waals surface area contributed by atoms with Gasteiger partial charge in [0.25, 0.3) is 0 Å². The minimum absolute atomic E-state index is 0.235. The molecule has 0 aromatic heterocycles. The number of carboxylic acid groups (broad SMARTS) is 1. The Morgan fingerprint density at radius 3 is 2.24 bits per heavy atom. The van der Waals surface area contributed by atoms with Crippen LogP contribution in [-0.2, 0) is 4.79 Å². The van der Waals surface area contributed by atoms with Crippen LogP contribution in [-0.4, -0.2) is 29.7 Å². The highest BCUT2D eigenvalue weighted by Crippen LogP contribution is 2.05. The largest absolute Gasteiger partial charge is 0.465 e. The Balaban J connectivity index is 4.26. The van der Waals surface area contributed by atoms with Crippen molar-refractivity contribution in [1.29, 1.82) is 0 Å². The van der Waals surface area contributed by atoms with E-state index in [1.165, 1.54) is 0 Å². The fraction of sp³-hybridized carbons (Fsp3) is 0.833. The van der Waals surface area contributed by atoms with Crippen molar-refractivity contribution < 1.29 is 14.7 Å². The van der Waals surface area contributed by atoms with E-state index in [0.29, 0.717) is 18.9 Å². The summed E-state index contributed by atoms with van der Waals surface area (Å²) in [5.74, 6) is 0.436. The third kappa shape index (κ3) is 7.60. The lowest BCUT2D eigenvalue weighted by Crippen LogP contribution is -2.47. The van der Waals surface area contributed by atoms with Crippen LogP contribution in [0.2, 0.25) is 0 Å². The molecule has 100 valence electrons. The third-order valence-corrected chi connectivity index (χ3v) is 2.64. The average molecular weight is 244 g/mol. The molecule has 0 saturated carbocycles. The van der Waals surface area contributed by atoms with E-state index >= 15 is 0 Å². The predicted molar refractivity (Wildman–Crippen MR) is 66.9 cm³/mol. The molecule has 5 heteroatoms. The maximum atomic E-state index is 11.8. The summed E-state index contributed by atoms with van der Waals surface area (Å²) in [5, 5.41) is 13.7. The summed E-state index contributed by atoms with van der Waals surface area (Å²) in [6.45, 7) is 8.60. The molecule has 2 amide bonds. The summed E-state index contributed by atoms with van der Waals surface area (Å²) >= 11 is 0. The van der Waals surface area contributed by atoms with E-state index in [0.717, 1.165) is 6.42 Å². The molecular formula is C12H24N2O3. The second-order valence-corrected chi connectivity index (χ2v) is 4.89. The maximum Gasteiger partial charge on any atom is 0.405 e. The number of carbonyl (C=O) groups is 2. The summed E-state index contributed by atoms with van der Waals surface area (Å²) in [6.07, 6.45) is 0.342. The van der Waals surface area contributed by atoms with Gasteiger partial charge in [0.2, 0.25) is 5.91 Å². The Kier molecular flexibility index (Phi) is 7.34. The molecule has 3 N–H and O–H groups in total. The van der Waals surface area contributed by atoms with Gasteiger partial charge in [-0.05, 0) is 18.3 Å². The lowest BCUT2D eigenvalue weighted by Gasteiger charge is -2.19. The van der Waals surface area contributed by atoms with Crippen LogP contribution in [0.15, 0.2) is 0 Å². The van der Waals surface area contributed by atoms with E-state index in [-0.39, 0.29) is 11.8 Å². The van der Waals surface area contributed by atoms with Crippen LogP contribution in [0.1, 0.15) is 40.5 Å². The van der Waals surface area contributed by atoms with Gasteiger partial charge in [-0.25, -0.2) is 4.79 Å². The quantitative estimate of drug-likeness (QED) is 0.639. The van der Waals surface area contributed by atoms with Crippen molar-refractivity contribution >= 4 is 12.0 Å². The maximum absolute atomic E-state index is 11.8. The number of hydrogen-bond donors (Lipinski definition) is 3. The molecule has 0 aliphatic carbocycles. The SMILES string of the molecule is CCC(C)CNC(=O)C(CC(C)C)NC(=O)O. The molecule has 5 nitrogen and oxygen atoms in total. The van der Waals surface area contributed by atoms with Crippen molar-refractivity contribution in [3.63, 3.8) is 0 Å². The van der Waals surface area contributed by atoms with E-state index in [2.05, 4.69) is 17.6 Å². The molecule has 0 aliphatic rings. The number of nitrogens with one attached hydrogen (secondary N) is 2. The Morgan fingerprint density at radius 1 is 1.24 bits per heavy atom. The minimum Gasteiger partial charge on any atom is -0.465 e. The van der Waals surface area contributed by atoms with Crippen LogP contribution in [0.3, 0.4) is 0 Å². The zero-order valence-corrected chi connectivity index (χ0v) is 11.1. The topological polar surface area (TPSA) is 78.4 Å². The fourth-order valence-corrected chi connectivity index (χ4v) is 1.39. The van der Waals surface area contributed by atoms with Gasteiger partial charge in [-0.1, -0.05) is 34.1 Å². The van der Waals surface area contributed by atoms with E-state index in [9.17, 15) is 9.59 Å². The lowest BCUT2D eigenvalue weighted by atomic mass is 10.0. The molecule has 0 heterocycles. The van der Waals surface area contributed by atoms with Gasteiger partial charge in [0, 0.05) is 6.54 Å². The summed E-state index contributed by atoms with van der Waals surface area (Å²) in [4.78, 5) is 22.4. The van der Waals surface area contributed by atoms with Crippen LogP contribution in [0, 0.1) is 11.8 Å². The van der Waals surface area contributed by atoms with Gasteiger partial charge < -0.3 is 15.7 Å². The molecule has 0 aromatic carbocycles. The van der Waals surface area contributed by atoms with Crippen LogP contribution in [0.25, 0.3) is 0 Å². The molecule has 0 spiro atoms. The first kappa shape index (κ1) is 15.7. The van der Waals surface area contributed by atoms with Crippen LogP contribution < -0.4 is 10.6 Å². The molecule has 0 aromatic rings. The molecule has 0 aliphatic heterocycles. The van der Waals surface area contributed by atoms with Crippen molar-refractivity contribution in [2.75, 3.05) is 6.54 Å². The van der Waals surface area contributed by atoms with Gasteiger partial charge in [0.1, 0.15) is 6.04 Å². The Morgan fingerprint density at radius 2 is 1.82 bits per heavy atom. The lowest BCUT2D eigenvalue weighted by molar-refractivity contribution is -0.123. The van der Waals surface area contributed by atoms with Gasteiger partial charge in [0.05, 0.1) is 0 Å². The van der Waals surface area contributed by atoms with Crippen LogP contribution in [0.4, 0.5) is 4.79 Å². The van der Waals surface area contributed by atoms with Crippen molar-refractivity contribution in [3.05, 3.63) is 0 Å². The first-order chi connectivity index (χ1) is 7.86. The van der Waals surface area contributed by atoms with E-state index in [1.54, 1.807) is 0 Å². The first-order valence-corrected chi connectivity index (χ1v) is 6.13. The van der Waals surface area contributed by atoms with E-state index < -0.39 is 12.1 Å². The molecule has 17 heavy (non-hydrogen) atoms. The number of carbonyl (C=O) groups excluding carboxylic acids is 1. The normalized spacial score (nSPS) is 14.2. The summed E-state index contributed by atoms with van der Waals surface area (Å²) in [5.41, 5.74) is 0. The monoisotopic (exact) mass is 244 g/mol. The average Bonchev–Trinajstić information content (AvgIpc) is 2.23. The van der Waals surface area contributed by atoms with Gasteiger partial charge in [-0.3, -0.25) is 4.79 Å². The van der Waals surface area contributed by atoms with Crippen molar-refractivity contribution in [1.82, 2.24) is 10.6 Å². The van der Waals surface area contributed by atoms with Crippen molar-refractivity contribution in [3.8, 4) is 0 Å². The Labute approximate surface area is 103 Å². The minimum atomic E-state index is -1.16. The smallest absolute Gasteiger partial charge is 0.405 e. The van der Waals surface area contributed by atoms with Gasteiger partial charge >= 0.3 is 6.09 Å². The van der Waals surface area contributed by atoms with E-state index in [1.807, 2.05) is 20.8 Å². The molecule has 2 unspecified atom stereocenters. The molecule has 0 radical (unpaired) electrons. The van der Waals surface area contributed by atoms with Gasteiger partial charge in [-0.15, -0.1) is 0 Å². The Bertz CT molecular complexity index is 254. The van der Waals surface area contributed by atoms with Crippen molar-refractivity contribution in [2.45, 2.75) is 46.6 Å². The highest BCUT2D eigenvalue weighted by atomic mass is 16.4. The van der Waals surface area contributed by atoms with Gasteiger partial charge in [0.15, 0.2) is 0 Å². The van der Waals surface area contributed by atoms with Gasteiger partial charge in [-0.2, -0.15) is 0 Å². The predicted octanol–water partition coefficient (Wildman–Crippen LogP) is 1.83. The first-order valence-electron chi connectivity index (χ1n) is 6.13. The second kappa shape index (κ2) is 7.92. The summed E-state index contributed by atoms with van der Waals surface area (Å²) < 4.78 is 0. The molecule has 0 bridgehead atoms. The summed E-state index contributed by atoms with van der Waals surface area (Å²) in [6, 6.07) is -0.656.